The van der Waals surface area contributed by atoms with Crippen LogP contribution in [0.3, 0.4) is 0 Å². The van der Waals surface area contributed by atoms with Gasteiger partial charge in [0.2, 0.25) is 0 Å². The van der Waals surface area contributed by atoms with Crippen LogP contribution in [0.2, 0.25) is 0 Å². The topological polar surface area (TPSA) is 18.5 Å². The standard InChI is InChI=1S/C14H31N3/c1-12(2)15-10-14(4,5)11-17-8-7-16(6)13(3)9-17/h12-13,15H,7-11H2,1-6H3. The van der Waals surface area contributed by atoms with Gasteiger partial charge in [0, 0.05) is 44.8 Å². The second-order valence-electron chi connectivity index (χ2n) is 6.76. The summed E-state index contributed by atoms with van der Waals surface area (Å²) in [6, 6.07) is 1.28. The molecule has 1 atom stereocenters. The fraction of sp³-hybridized carbons (Fsp3) is 1.00. The molecule has 0 radical (unpaired) electrons. The molecule has 1 aliphatic rings. The molecule has 0 aromatic rings. The first-order valence-corrected chi connectivity index (χ1v) is 6.96. The molecule has 1 unspecified atom stereocenters. The Kier molecular flexibility index (Phi) is 5.42. The van der Waals surface area contributed by atoms with Crippen molar-refractivity contribution in [1.29, 1.82) is 0 Å². The van der Waals surface area contributed by atoms with Crippen molar-refractivity contribution in [1.82, 2.24) is 15.1 Å². The van der Waals surface area contributed by atoms with Gasteiger partial charge in [-0.3, -0.25) is 4.90 Å². The lowest BCUT2D eigenvalue weighted by Crippen LogP contribution is -2.53. The molecule has 0 bridgehead atoms. The Bertz CT molecular complexity index is 226. The van der Waals surface area contributed by atoms with Gasteiger partial charge in [-0.15, -0.1) is 0 Å². The van der Waals surface area contributed by atoms with Crippen molar-refractivity contribution in [3.63, 3.8) is 0 Å². The monoisotopic (exact) mass is 241 g/mol. The van der Waals surface area contributed by atoms with E-state index in [0.717, 1.165) is 6.54 Å². The summed E-state index contributed by atoms with van der Waals surface area (Å²) in [7, 11) is 2.23. The van der Waals surface area contributed by atoms with Crippen LogP contribution in [0.15, 0.2) is 0 Å². The van der Waals surface area contributed by atoms with E-state index in [9.17, 15) is 0 Å². The van der Waals surface area contributed by atoms with Crippen molar-refractivity contribution in [3.8, 4) is 0 Å². The Morgan fingerprint density at radius 1 is 1.29 bits per heavy atom. The fourth-order valence-electron chi connectivity index (χ4n) is 2.41. The van der Waals surface area contributed by atoms with Crippen molar-refractivity contribution < 1.29 is 0 Å². The molecule has 17 heavy (non-hydrogen) atoms. The molecule has 0 aromatic heterocycles. The number of nitrogens with one attached hydrogen (secondary N) is 1. The maximum Gasteiger partial charge on any atom is 0.0192 e. The van der Waals surface area contributed by atoms with Crippen LogP contribution in [-0.2, 0) is 0 Å². The van der Waals surface area contributed by atoms with Crippen LogP contribution in [-0.4, -0.2) is 61.7 Å². The van der Waals surface area contributed by atoms with Gasteiger partial charge in [-0.05, 0) is 19.4 Å². The first-order valence-electron chi connectivity index (χ1n) is 6.96. The Labute approximate surface area is 108 Å². The molecule has 3 heteroatoms. The maximum atomic E-state index is 3.56. The number of rotatable bonds is 5. The summed E-state index contributed by atoms with van der Waals surface area (Å²) in [5.41, 5.74) is 0.361. The van der Waals surface area contributed by atoms with Crippen LogP contribution in [0.25, 0.3) is 0 Å². The number of hydrogen-bond donors (Lipinski definition) is 1. The van der Waals surface area contributed by atoms with Crippen LogP contribution in [0.5, 0.6) is 0 Å². The van der Waals surface area contributed by atoms with Crippen LogP contribution in [0.4, 0.5) is 0 Å². The molecule has 1 aliphatic heterocycles. The highest BCUT2D eigenvalue weighted by Gasteiger charge is 2.26. The van der Waals surface area contributed by atoms with E-state index in [4.69, 9.17) is 0 Å². The molecular weight excluding hydrogens is 210 g/mol. The average molecular weight is 241 g/mol. The molecule has 3 nitrogen and oxygen atoms in total. The molecule has 1 N–H and O–H groups in total. The lowest BCUT2D eigenvalue weighted by atomic mass is 9.91. The van der Waals surface area contributed by atoms with Gasteiger partial charge in [-0.2, -0.15) is 0 Å². The Balaban J connectivity index is 2.36. The van der Waals surface area contributed by atoms with E-state index in [-0.39, 0.29) is 0 Å². The van der Waals surface area contributed by atoms with Crippen molar-refractivity contribution in [3.05, 3.63) is 0 Å². The molecule has 0 saturated carbocycles. The van der Waals surface area contributed by atoms with E-state index in [1.165, 1.54) is 26.2 Å². The van der Waals surface area contributed by atoms with E-state index in [1.54, 1.807) is 0 Å². The highest BCUT2D eigenvalue weighted by atomic mass is 15.3. The van der Waals surface area contributed by atoms with Gasteiger partial charge in [0.05, 0.1) is 0 Å². The lowest BCUT2D eigenvalue weighted by molar-refractivity contribution is 0.0740. The SMILES string of the molecule is CC(C)NCC(C)(C)CN1CCN(C)C(C)C1. The molecule has 0 spiro atoms. The Morgan fingerprint density at radius 3 is 2.47 bits per heavy atom. The second kappa shape index (κ2) is 6.17. The zero-order chi connectivity index (χ0) is 13.1. The van der Waals surface area contributed by atoms with E-state index < -0.39 is 0 Å². The van der Waals surface area contributed by atoms with E-state index >= 15 is 0 Å². The van der Waals surface area contributed by atoms with Crippen LogP contribution < -0.4 is 5.32 Å². The van der Waals surface area contributed by atoms with E-state index in [2.05, 4.69) is 56.8 Å². The van der Waals surface area contributed by atoms with Gasteiger partial charge < -0.3 is 10.2 Å². The predicted molar refractivity (Wildman–Crippen MR) is 75.5 cm³/mol. The fourth-order valence-corrected chi connectivity index (χ4v) is 2.41. The number of piperazine rings is 1. The number of likely N-dealkylation sites (N-methyl/N-ethyl adjacent to an activating group) is 1. The molecule has 0 aromatic carbocycles. The van der Waals surface area contributed by atoms with Crippen LogP contribution >= 0.6 is 0 Å². The van der Waals surface area contributed by atoms with Gasteiger partial charge in [0.15, 0.2) is 0 Å². The third-order valence-corrected chi connectivity index (χ3v) is 3.68. The van der Waals surface area contributed by atoms with Gasteiger partial charge >= 0.3 is 0 Å². The van der Waals surface area contributed by atoms with Crippen LogP contribution in [0.1, 0.15) is 34.6 Å². The smallest absolute Gasteiger partial charge is 0.0192 e. The van der Waals surface area contributed by atoms with Gasteiger partial charge in [-0.1, -0.05) is 27.7 Å². The minimum absolute atomic E-state index is 0.361. The van der Waals surface area contributed by atoms with E-state index in [0.29, 0.717) is 17.5 Å². The zero-order valence-electron chi connectivity index (χ0n) is 12.6. The highest BCUT2D eigenvalue weighted by molar-refractivity contribution is 4.82. The van der Waals surface area contributed by atoms with Gasteiger partial charge in [-0.25, -0.2) is 0 Å². The maximum absolute atomic E-state index is 3.56. The van der Waals surface area contributed by atoms with Gasteiger partial charge in [0.25, 0.3) is 0 Å². The molecule has 0 aliphatic carbocycles. The minimum Gasteiger partial charge on any atom is -0.314 e. The van der Waals surface area contributed by atoms with Crippen molar-refractivity contribution in [2.45, 2.75) is 46.7 Å². The summed E-state index contributed by atoms with van der Waals surface area (Å²) in [6.07, 6.45) is 0. The average Bonchev–Trinajstić information content (AvgIpc) is 2.21. The van der Waals surface area contributed by atoms with Gasteiger partial charge in [0.1, 0.15) is 0 Å². The molecule has 1 heterocycles. The predicted octanol–water partition coefficient (Wildman–Crippen LogP) is 1.65. The molecule has 1 rings (SSSR count). The normalized spacial score (nSPS) is 24.5. The summed E-state index contributed by atoms with van der Waals surface area (Å²) in [5, 5.41) is 3.56. The molecule has 1 saturated heterocycles. The molecular formula is C14H31N3. The second-order valence-corrected chi connectivity index (χ2v) is 6.76. The summed E-state index contributed by atoms with van der Waals surface area (Å²) in [5.74, 6) is 0. The summed E-state index contributed by atoms with van der Waals surface area (Å²) >= 11 is 0. The third-order valence-electron chi connectivity index (χ3n) is 3.68. The quantitative estimate of drug-likeness (QED) is 0.789. The summed E-state index contributed by atoms with van der Waals surface area (Å²) in [4.78, 5) is 5.07. The highest BCUT2D eigenvalue weighted by Crippen LogP contribution is 2.18. The van der Waals surface area contributed by atoms with Crippen molar-refractivity contribution in [2.75, 3.05) is 39.8 Å². The Morgan fingerprint density at radius 2 is 1.94 bits per heavy atom. The number of nitrogens with zero attached hydrogens (tertiary/aromatic N) is 2. The molecule has 1 fully saturated rings. The number of hydrogen-bond acceptors (Lipinski definition) is 3. The van der Waals surface area contributed by atoms with Crippen LogP contribution in [0, 0.1) is 5.41 Å². The summed E-state index contributed by atoms with van der Waals surface area (Å²) < 4.78 is 0. The first-order chi connectivity index (χ1) is 7.80. The molecule has 102 valence electrons. The Hall–Kier alpha value is -0.120. The lowest BCUT2D eigenvalue weighted by Gasteiger charge is -2.41. The van der Waals surface area contributed by atoms with Crippen molar-refractivity contribution in [2.24, 2.45) is 5.41 Å². The molecule has 0 amide bonds. The van der Waals surface area contributed by atoms with E-state index in [1.807, 2.05) is 0 Å². The largest absolute Gasteiger partial charge is 0.314 e. The third kappa shape index (κ3) is 5.36. The summed E-state index contributed by atoms with van der Waals surface area (Å²) in [6.45, 7) is 17.4. The zero-order valence-corrected chi connectivity index (χ0v) is 12.6. The van der Waals surface area contributed by atoms with Crippen molar-refractivity contribution >= 4 is 0 Å². The minimum atomic E-state index is 0.361. The first kappa shape index (κ1) is 14.9.